The van der Waals surface area contributed by atoms with E-state index in [0.29, 0.717) is 11.6 Å². The van der Waals surface area contributed by atoms with Crippen molar-refractivity contribution in [2.45, 2.75) is 13.8 Å². The number of benzene rings is 1. The number of ether oxygens (including phenoxy) is 2. The van der Waals surface area contributed by atoms with Gasteiger partial charge >= 0.3 is 0 Å². The molecule has 0 aromatic heterocycles. The van der Waals surface area contributed by atoms with Crippen LogP contribution in [-0.2, 0) is 4.74 Å². The van der Waals surface area contributed by atoms with E-state index in [-0.39, 0.29) is 0 Å². The smallest absolute Gasteiger partial charge is 0.119 e. The molecule has 1 aromatic rings. The second-order valence-electron chi connectivity index (χ2n) is 4.37. The Labute approximate surface area is 126 Å². The van der Waals surface area contributed by atoms with Crippen molar-refractivity contribution in [2.24, 2.45) is 5.73 Å². The fourth-order valence-corrected chi connectivity index (χ4v) is 1.91. The zero-order valence-electron chi connectivity index (χ0n) is 12.3. The first kappa shape index (κ1) is 16.9. The maximum atomic E-state index is 5.71. The Morgan fingerprint density at radius 2 is 1.80 bits per heavy atom. The van der Waals surface area contributed by atoms with E-state index in [2.05, 4.69) is 11.8 Å². The fourth-order valence-electron chi connectivity index (χ4n) is 1.77. The van der Waals surface area contributed by atoms with Crippen LogP contribution in [0.5, 0.6) is 5.75 Å². The zero-order chi connectivity index (χ0) is 14.8. The van der Waals surface area contributed by atoms with Crippen molar-refractivity contribution in [3.05, 3.63) is 29.8 Å². The molecule has 0 aliphatic heterocycles. The minimum Gasteiger partial charge on any atom is -0.492 e. The molecule has 4 nitrogen and oxygen atoms in total. The molecule has 0 aliphatic carbocycles. The average molecular weight is 296 g/mol. The number of nitrogens with zero attached hydrogens (tertiary/aromatic N) is 1. The third kappa shape index (κ3) is 6.32. The molecular weight excluding hydrogens is 272 g/mol. The lowest BCUT2D eigenvalue weighted by Crippen LogP contribution is -2.31. The molecule has 1 rings (SSSR count). The summed E-state index contributed by atoms with van der Waals surface area (Å²) in [5.41, 5.74) is 6.41. The van der Waals surface area contributed by atoms with E-state index in [1.165, 1.54) is 0 Å². The van der Waals surface area contributed by atoms with Crippen LogP contribution in [0.3, 0.4) is 0 Å². The van der Waals surface area contributed by atoms with Crippen molar-refractivity contribution in [2.75, 3.05) is 39.5 Å². The third-order valence-electron chi connectivity index (χ3n) is 3.02. The fraction of sp³-hybridized carbons (Fsp3) is 0.533. The SMILES string of the molecule is CCOCCN(CC)CCOc1ccc(C(N)=S)cc1. The normalized spacial score (nSPS) is 10.8. The van der Waals surface area contributed by atoms with E-state index >= 15 is 0 Å². The summed E-state index contributed by atoms with van der Waals surface area (Å²) in [6.07, 6.45) is 0. The van der Waals surface area contributed by atoms with Crippen LogP contribution in [0.25, 0.3) is 0 Å². The van der Waals surface area contributed by atoms with Crippen LogP contribution in [0.1, 0.15) is 19.4 Å². The van der Waals surface area contributed by atoms with E-state index in [0.717, 1.165) is 44.2 Å². The maximum absolute atomic E-state index is 5.71. The van der Waals surface area contributed by atoms with Gasteiger partial charge in [-0.2, -0.15) is 0 Å². The number of rotatable bonds is 10. The van der Waals surface area contributed by atoms with Crippen LogP contribution in [0.2, 0.25) is 0 Å². The first-order valence-electron chi connectivity index (χ1n) is 7.00. The van der Waals surface area contributed by atoms with Crippen LogP contribution in [0.15, 0.2) is 24.3 Å². The lowest BCUT2D eigenvalue weighted by Gasteiger charge is -2.20. The van der Waals surface area contributed by atoms with Crippen molar-refractivity contribution in [3.8, 4) is 5.75 Å². The van der Waals surface area contributed by atoms with Gasteiger partial charge in [0.1, 0.15) is 17.3 Å². The highest BCUT2D eigenvalue weighted by Gasteiger charge is 2.03. The number of likely N-dealkylation sites (N-methyl/N-ethyl adjacent to an activating group) is 1. The highest BCUT2D eigenvalue weighted by molar-refractivity contribution is 7.80. The van der Waals surface area contributed by atoms with Crippen LogP contribution in [0.4, 0.5) is 0 Å². The Bertz CT molecular complexity index is 395. The molecule has 0 saturated carbocycles. The Morgan fingerprint density at radius 1 is 1.15 bits per heavy atom. The van der Waals surface area contributed by atoms with Gasteiger partial charge in [-0.25, -0.2) is 0 Å². The molecule has 0 amide bonds. The number of thiocarbonyl (C=S) groups is 1. The van der Waals surface area contributed by atoms with Crippen LogP contribution in [-0.4, -0.2) is 49.3 Å². The first-order chi connectivity index (χ1) is 9.67. The Morgan fingerprint density at radius 3 is 2.35 bits per heavy atom. The first-order valence-corrected chi connectivity index (χ1v) is 7.41. The largest absolute Gasteiger partial charge is 0.492 e. The molecule has 0 saturated heterocycles. The molecule has 20 heavy (non-hydrogen) atoms. The van der Waals surface area contributed by atoms with Gasteiger partial charge in [0.15, 0.2) is 0 Å². The second kappa shape index (κ2) is 9.69. The quantitative estimate of drug-likeness (QED) is 0.529. The molecular formula is C15H24N2O2S. The molecule has 0 heterocycles. The van der Waals surface area contributed by atoms with Crippen molar-refractivity contribution < 1.29 is 9.47 Å². The van der Waals surface area contributed by atoms with Crippen molar-refractivity contribution in [3.63, 3.8) is 0 Å². The van der Waals surface area contributed by atoms with Crippen LogP contribution >= 0.6 is 12.2 Å². The van der Waals surface area contributed by atoms with Gasteiger partial charge < -0.3 is 15.2 Å². The molecule has 0 fully saturated rings. The lowest BCUT2D eigenvalue weighted by molar-refractivity contribution is 0.108. The van der Waals surface area contributed by atoms with E-state index in [9.17, 15) is 0 Å². The summed E-state index contributed by atoms with van der Waals surface area (Å²) in [5, 5.41) is 0. The Balaban J connectivity index is 2.29. The van der Waals surface area contributed by atoms with E-state index in [4.69, 9.17) is 27.4 Å². The summed E-state index contributed by atoms with van der Waals surface area (Å²) in [7, 11) is 0. The van der Waals surface area contributed by atoms with Gasteiger partial charge in [-0.1, -0.05) is 19.1 Å². The highest BCUT2D eigenvalue weighted by atomic mass is 32.1. The molecule has 0 unspecified atom stereocenters. The summed E-state index contributed by atoms with van der Waals surface area (Å²) in [4.78, 5) is 2.71. The minimum atomic E-state index is 0.407. The monoisotopic (exact) mass is 296 g/mol. The third-order valence-corrected chi connectivity index (χ3v) is 3.25. The summed E-state index contributed by atoms with van der Waals surface area (Å²) in [6.45, 7) is 9.17. The van der Waals surface area contributed by atoms with Crippen LogP contribution < -0.4 is 10.5 Å². The number of hydrogen-bond donors (Lipinski definition) is 1. The summed E-state index contributed by atoms with van der Waals surface area (Å²) in [6, 6.07) is 7.55. The van der Waals surface area contributed by atoms with Gasteiger partial charge in [0.25, 0.3) is 0 Å². The number of nitrogens with two attached hydrogens (primary N) is 1. The van der Waals surface area contributed by atoms with Crippen molar-refractivity contribution in [1.29, 1.82) is 0 Å². The molecule has 0 aliphatic rings. The second-order valence-corrected chi connectivity index (χ2v) is 4.81. The highest BCUT2D eigenvalue weighted by Crippen LogP contribution is 2.12. The van der Waals surface area contributed by atoms with Gasteiger partial charge in [0.2, 0.25) is 0 Å². The van der Waals surface area contributed by atoms with Gasteiger partial charge in [0.05, 0.1) is 6.61 Å². The molecule has 2 N–H and O–H groups in total. The zero-order valence-corrected chi connectivity index (χ0v) is 13.1. The van der Waals surface area contributed by atoms with Gasteiger partial charge in [-0.15, -0.1) is 0 Å². The predicted octanol–water partition coefficient (Wildman–Crippen LogP) is 2.06. The number of hydrogen-bond acceptors (Lipinski definition) is 4. The average Bonchev–Trinajstić information content (AvgIpc) is 2.46. The van der Waals surface area contributed by atoms with Crippen molar-refractivity contribution >= 4 is 17.2 Å². The summed E-state index contributed by atoms with van der Waals surface area (Å²) in [5.74, 6) is 0.839. The molecule has 112 valence electrons. The molecule has 1 aromatic carbocycles. The van der Waals surface area contributed by atoms with Gasteiger partial charge in [-0.05, 0) is 37.7 Å². The molecule has 0 bridgehead atoms. The van der Waals surface area contributed by atoms with E-state index < -0.39 is 0 Å². The van der Waals surface area contributed by atoms with Gasteiger partial charge in [-0.3, -0.25) is 4.90 Å². The molecule has 5 heteroatoms. The molecule has 0 spiro atoms. The lowest BCUT2D eigenvalue weighted by atomic mass is 10.2. The summed E-state index contributed by atoms with van der Waals surface area (Å²) >= 11 is 4.91. The molecule has 0 atom stereocenters. The van der Waals surface area contributed by atoms with E-state index in [1.54, 1.807) is 0 Å². The molecule has 0 radical (unpaired) electrons. The van der Waals surface area contributed by atoms with E-state index in [1.807, 2.05) is 31.2 Å². The van der Waals surface area contributed by atoms with Crippen molar-refractivity contribution in [1.82, 2.24) is 4.90 Å². The Hall–Kier alpha value is -1.17. The predicted molar refractivity (Wildman–Crippen MR) is 86.4 cm³/mol. The van der Waals surface area contributed by atoms with Crippen LogP contribution in [0, 0.1) is 0 Å². The van der Waals surface area contributed by atoms with Gasteiger partial charge in [0, 0.05) is 25.3 Å². The maximum Gasteiger partial charge on any atom is 0.119 e. The Kier molecular flexibility index (Phi) is 8.18. The minimum absolute atomic E-state index is 0.407. The topological polar surface area (TPSA) is 47.7 Å². The summed E-state index contributed by atoms with van der Waals surface area (Å²) < 4.78 is 11.1. The standard InChI is InChI=1S/C15H24N2O2S/c1-3-17(9-11-18-4-2)10-12-19-14-7-5-13(6-8-14)15(16)20/h5-8H,3-4,9-12H2,1-2H3,(H2,16,20).